The van der Waals surface area contributed by atoms with Crippen LogP contribution in [0.1, 0.15) is 13.3 Å². The lowest BCUT2D eigenvalue weighted by atomic mass is 10.1. The minimum absolute atomic E-state index is 0.0142. The number of benzene rings is 1. The van der Waals surface area contributed by atoms with Crippen molar-refractivity contribution in [3.63, 3.8) is 0 Å². The molecule has 13 heteroatoms. The maximum Gasteiger partial charge on any atom is 0.262 e. The first-order valence-corrected chi connectivity index (χ1v) is 12.5. The number of nitrogens with one attached hydrogen (secondary N) is 1. The van der Waals surface area contributed by atoms with Gasteiger partial charge in [-0.15, -0.1) is 0 Å². The molecule has 0 saturated carbocycles. The molecule has 2 aliphatic heterocycles. The Hall–Kier alpha value is -1.05. The fraction of sp³-hybridized carbons (Fsp3) is 0.625. The number of hydrogen-bond donors (Lipinski definition) is 2. The Morgan fingerprint density at radius 3 is 2.62 bits per heavy atom. The van der Waals surface area contributed by atoms with Crippen LogP contribution in [-0.2, 0) is 20.0 Å². The van der Waals surface area contributed by atoms with Crippen molar-refractivity contribution in [2.24, 2.45) is 5.14 Å². The van der Waals surface area contributed by atoms with Crippen LogP contribution in [0.2, 0.25) is 5.02 Å². The number of rotatable bonds is 6. The number of fused-ring (bicyclic) bond motifs is 1. The summed E-state index contributed by atoms with van der Waals surface area (Å²) in [5.74, 6) is -3.11. The summed E-state index contributed by atoms with van der Waals surface area (Å²) >= 11 is 6.19. The van der Waals surface area contributed by atoms with E-state index < -0.39 is 38.1 Å². The van der Waals surface area contributed by atoms with Gasteiger partial charge >= 0.3 is 0 Å². The molecule has 0 aliphatic carbocycles. The van der Waals surface area contributed by atoms with Crippen LogP contribution in [0.4, 0.5) is 14.5 Å². The molecular weight excluding hydrogens is 450 g/mol. The maximum absolute atomic E-state index is 13.6. The molecule has 2 aliphatic rings. The summed E-state index contributed by atoms with van der Waals surface area (Å²) in [4.78, 5) is 1.50. The standard InChI is InChI=1S/C16H23ClF2N4O4S2/c1-11(9-28(20,24)25)21-12-2-3-15(14(17)6-12)29(26,27)23-5-4-22-10-16(18,19)7-13(22)8-23/h2-3,6,11,13,21H,4-5,7-10H2,1H3,(H2,20,24,25)/t11-,13+/m1/s1. The molecule has 2 atom stereocenters. The second kappa shape index (κ2) is 7.89. The van der Waals surface area contributed by atoms with Gasteiger partial charge in [-0.2, -0.15) is 4.31 Å². The number of hydrogen-bond acceptors (Lipinski definition) is 6. The molecule has 2 fully saturated rings. The Morgan fingerprint density at radius 1 is 1.31 bits per heavy atom. The molecule has 3 N–H and O–H groups in total. The van der Waals surface area contributed by atoms with Crippen molar-refractivity contribution in [1.29, 1.82) is 0 Å². The zero-order chi connectivity index (χ0) is 21.6. The van der Waals surface area contributed by atoms with E-state index in [0.717, 1.165) is 0 Å². The van der Waals surface area contributed by atoms with Gasteiger partial charge < -0.3 is 5.32 Å². The van der Waals surface area contributed by atoms with Crippen LogP contribution < -0.4 is 10.5 Å². The van der Waals surface area contributed by atoms with E-state index in [9.17, 15) is 25.6 Å². The first-order valence-electron chi connectivity index (χ1n) is 8.95. The third-order valence-corrected chi connectivity index (χ3v) is 8.29. The molecule has 1 aromatic rings. The van der Waals surface area contributed by atoms with Crippen LogP contribution in [0, 0.1) is 0 Å². The van der Waals surface area contributed by atoms with Crippen molar-refractivity contribution in [3.05, 3.63) is 23.2 Å². The van der Waals surface area contributed by atoms with E-state index in [-0.39, 0.29) is 48.3 Å². The molecule has 0 radical (unpaired) electrons. The highest BCUT2D eigenvalue weighted by molar-refractivity contribution is 7.89. The lowest BCUT2D eigenvalue weighted by Crippen LogP contribution is -2.51. The average Bonchev–Trinajstić information content (AvgIpc) is 2.85. The van der Waals surface area contributed by atoms with Gasteiger partial charge in [0, 0.05) is 43.8 Å². The molecule has 0 amide bonds. The molecule has 0 unspecified atom stereocenters. The third-order valence-electron chi connectivity index (χ3n) is 4.98. The van der Waals surface area contributed by atoms with E-state index >= 15 is 0 Å². The normalized spacial score (nSPS) is 24.2. The Kier molecular flexibility index (Phi) is 6.16. The molecular formula is C16H23ClF2N4O4S2. The van der Waals surface area contributed by atoms with Crippen molar-refractivity contribution in [2.45, 2.75) is 36.2 Å². The molecule has 164 valence electrons. The summed E-state index contributed by atoms with van der Waals surface area (Å²) in [7, 11) is -7.63. The van der Waals surface area contributed by atoms with Crippen LogP contribution in [0.3, 0.4) is 0 Å². The minimum atomic E-state index is -3.96. The Balaban J connectivity index is 1.74. The summed E-state index contributed by atoms with van der Waals surface area (Å²) in [5, 5.41) is 7.86. The van der Waals surface area contributed by atoms with E-state index in [1.807, 2.05) is 0 Å². The zero-order valence-electron chi connectivity index (χ0n) is 15.7. The predicted octanol–water partition coefficient (Wildman–Crippen LogP) is 1.14. The van der Waals surface area contributed by atoms with Crippen molar-refractivity contribution in [2.75, 3.05) is 37.2 Å². The second-order valence-electron chi connectivity index (χ2n) is 7.57. The molecule has 1 aromatic carbocycles. The first-order chi connectivity index (χ1) is 13.3. The van der Waals surface area contributed by atoms with Crippen LogP contribution in [0.5, 0.6) is 0 Å². The quantitative estimate of drug-likeness (QED) is 0.642. The molecule has 8 nitrogen and oxygen atoms in total. The summed E-state index contributed by atoms with van der Waals surface area (Å²) in [6, 6.07) is 3.14. The van der Waals surface area contributed by atoms with Crippen LogP contribution in [0.15, 0.2) is 23.1 Å². The van der Waals surface area contributed by atoms with Gasteiger partial charge in [0.15, 0.2) is 0 Å². The van der Waals surface area contributed by atoms with Gasteiger partial charge in [0.1, 0.15) is 4.90 Å². The monoisotopic (exact) mass is 472 g/mol. The maximum atomic E-state index is 13.6. The Labute approximate surface area is 174 Å². The fourth-order valence-electron chi connectivity index (χ4n) is 3.80. The highest BCUT2D eigenvalue weighted by Gasteiger charge is 2.48. The van der Waals surface area contributed by atoms with Crippen molar-refractivity contribution in [1.82, 2.24) is 9.21 Å². The molecule has 2 heterocycles. The van der Waals surface area contributed by atoms with Gasteiger partial charge in [0.05, 0.1) is 17.3 Å². The van der Waals surface area contributed by atoms with Crippen LogP contribution in [0.25, 0.3) is 0 Å². The van der Waals surface area contributed by atoms with Crippen LogP contribution in [-0.4, -0.2) is 76.0 Å². The van der Waals surface area contributed by atoms with E-state index in [0.29, 0.717) is 5.69 Å². The molecule has 3 rings (SSSR count). The zero-order valence-corrected chi connectivity index (χ0v) is 18.1. The number of piperazine rings is 1. The molecule has 29 heavy (non-hydrogen) atoms. The number of alkyl halides is 2. The van der Waals surface area contributed by atoms with E-state index in [1.54, 1.807) is 11.8 Å². The molecule has 0 bridgehead atoms. The van der Waals surface area contributed by atoms with Crippen molar-refractivity contribution in [3.8, 4) is 0 Å². The van der Waals surface area contributed by atoms with Crippen molar-refractivity contribution < 1.29 is 25.6 Å². The van der Waals surface area contributed by atoms with Gasteiger partial charge in [-0.25, -0.2) is 30.8 Å². The van der Waals surface area contributed by atoms with E-state index in [4.69, 9.17) is 16.7 Å². The van der Waals surface area contributed by atoms with Crippen LogP contribution >= 0.6 is 11.6 Å². The topological polar surface area (TPSA) is 113 Å². The highest BCUT2D eigenvalue weighted by atomic mass is 35.5. The number of halogens is 3. The van der Waals surface area contributed by atoms with Crippen molar-refractivity contribution >= 4 is 37.3 Å². The average molecular weight is 473 g/mol. The van der Waals surface area contributed by atoms with Gasteiger partial charge in [-0.05, 0) is 25.1 Å². The highest BCUT2D eigenvalue weighted by Crippen LogP contribution is 2.36. The summed E-state index contributed by atoms with van der Waals surface area (Å²) in [6.45, 7) is 1.60. The Bertz CT molecular complexity index is 991. The van der Waals surface area contributed by atoms with E-state index in [1.165, 1.54) is 22.5 Å². The Morgan fingerprint density at radius 2 is 2.00 bits per heavy atom. The molecule has 0 aromatic heterocycles. The minimum Gasteiger partial charge on any atom is -0.381 e. The van der Waals surface area contributed by atoms with Gasteiger partial charge in [0.2, 0.25) is 20.0 Å². The summed E-state index contributed by atoms with van der Waals surface area (Å²) in [5.41, 5.74) is 0.436. The number of anilines is 1. The molecule has 2 saturated heterocycles. The summed E-state index contributed by atoms with van der Waals surface area (Å²) < 4.78 is 76.7. The van der Waals surface area contributed by atoms with Gasteiger partial charge in [0.25, 0.3) is 5.92 Å². The third kappa shape index (κ3) is 5.36. The molecule has 0 spiro atoms. The largest absolute Gasteiger partial charge is 0.381 e. The fourth-order valence-corrected chi connectivity index (χ4v) is 6.57. The smallest absolute Gasteiger partial charge is 0.262 e. The number of primary sulfonamides is 1. The second-order valence-corrected chi connectivity index (χ2v) is 11.5. The predicted molar refractivity (Wildman–Crippen MR) is 106 cm³/mol. The number of sulfonamides is 2. The van der Waals surface area contributed by atoms with Gasteiger partial charge in [-0.1, -0.05) is 11.6 Å². The summed E-state index contributed by atoms with van der Waals surface area (Å²) in [6.07, 6.45) is -0.364. The lowest BCUT2D eigenvalue weighted by Gasteiger charge is -2.36. The number of nitrogens with two attached hydrogens (primary N) is 1. The number of nitrogens with zero attached hydrogens (tertiary/aromatic N) is 2. The lowest BCUT2D eigenvalue weighted by molar-refractivity contribution is 0.0123. The van der Waals surface area contributed by atoms with E-state index in [2.05, 4.69) is 5.32 Å². The SMILES string of the molecule is C[C@H](CS(N)(=O)=O)Nc1ccc(S(=O)(=O)N2CCN3CC(F)(F)C[C@H]3C2)c(Cl)c1. The van der Waals surface area contributed by atoms with Gasteiger partial charge in [-0.3, -0.25) is 4.90 Å². The first kappa shape index (κ1) is 22.6.